The van der Waals surface area contributed by atoms with Gasteiger partial charge in [0, 0.05) is 0 Å². The summed E-state index contributed by atoms with van der Waals surface area (Å²) in [5, 5.41) is 11.8. The zero-order chi connectivity index (χ0) is 17.5. The molecule has 130 valence electrons. The van der Waals surface area contributed by atoms with Crippen LogP contribution in [-0.2, 0) is 20.4 Å². The number of sulfonamides is 1. The van der Waals surface area contributed by atoms with Crippen LogP contribution in [0.5, 0.6) is 0 Å². The summed E-state index contributed by atoms with van der Waals surface area (Å²) in [5.74, 6) is 0. The van der Waals surface area contributed by atoms with Crippen molar-refractivity contribution in [2.24, 2.45) is 0 Å². The SMILES string of the molecule is CC(C)S(=O)(=O)N[C@H]1COC[C@@]1(O)c1ccc([Si](C)(C)C)cc1. The third kappa shape index (κ3) is 3.85. The van der Waals surface area contributed by atoms with E-state index in [-0.39, 0.29) is 13.2 Å². The number of aliphatic hydroxyl groups is 1. The fourth-order valence-electron chi connectivity index (χ4n) is 2.58. The summed E-state index contributed by atoms with van der Waals surface area (Å²) in [6, 6.07) is 7.17. The molecule has 2 atom stereocenters. The Bertz CT molecular complexity index is 652. The fourth-order valence-corrected chi connectivity index (χ4v) is 4.68. The summed E-state index contributed by atoms with van der Waals surface area (Å²) in [6.45, 7) is 10.3. The minimum absolute atomic E-state index is 0.0879. The minimum atomic E-state index is -3.48. The van der Waals surface area contributed by atoms with Crippen LogP contribution in [-0.4, -0.2) is 46.1 Å². The molecule has 0 amide bonds. The third-order valence-electron chi connectivity index (χ3n) is 4.36. The molecule has 1 aromatic rings. The minimum Gasteiger partial charge on any atom is -0.381 e. The summed E-state index contributed by atoms with van der Waals surface area (Å²) in [5.41, 5.74) is -0.645. The molecule has 0 aromatic heterocycles. The lowest BCUT2D eigenvalue weighted by atomic mass is 9.90. The molecule has 1 saturated heterocycles. The van der Waals surface area contributed by atoms with E-state index in [0.29, 0.717) is 5.56 Å². The fraction of sp³-hybridized carbons (Fsp3) is 0.625. The van der Waals surface area contributed by atoms with Gasteiger partial charge in [-0.1, -0.05) is 49.1 Å². The molecule has 1 heterocycles. The van der Waals surface area contributed by atoms with Crippen molar-refractivity contribution in [2.75, 3.05) is 13.2 Å². The lowest BCUT2D eigenvalue weighted by Gasteiger charge is -2.30. The lowest BCUT2D eigenvalue weighted by Crippen LogP contribution is -2.51. The second kappa shape index (κ2) is 6.29. The highest BCUT2D eigenvalue weighted by atomic mass is 32.2. The highest BCUT2D eigenvalue weighted by Gasteiger charge is 2.46. The second-order valence-electron chi connectivity index (χ2n) is 7.53. The van der Waals surface area contributed by atoms with E-state index in [1.54, 1.807) is 13.8 Å². The zero-order valence-corrected chi connectivity index (χ0v) is 16.3. The van der Waals surface area contributed by atoms with Gasteiger partial charge in [-0.25, -0.2) is 13.1 Å². The Morgan fingerprint density at radius 3 is 2.30 bits per heavy atom. The largest absolute Gasteiger partial charge is 0.381 e. The first-order valence-electron chi connectivity index (χ1n) is 7.89. The van der Waals surface area contributed by atoms with E-state index in [4.69, 9.17) is 4.74 Å². The van der Waals surface area contributed by atoms with Gasteiger partial charge < -0.3 is 9.84 Å². The van der Waals surface area contributed by atoms with Crippen LogP contribution in [0.15, 0.2) is 24.3 Å². The van der Waals surface area contributed by atoms with Gasteiger partial charge in [-0.15, -0.1) is 0 Å². The van der Waals surface area contributed by atoms with E-state index in [0.717, 1.165) is 0 Å². The molecule has 0 saturated carbocycles. The van der Waals surface area contributed by atoms with Crippen LogP contribution < -0.4 is 9.91 Å². The van der Waals surface area contributed by atoms with Crippen molar-refractivity contribution in [2.45, 2.75) is 50.4 Å². The summed E-state index contributed by atoms with van der Waals surface area (Å²) >= 11 is 0. The maximum atomic E-state index is 12.1. The second-order valence-corrected chi connectivity index (χ2v) is 14.9. The van der Waals surface area contributed by atoms with Gasteiger partial charge in [0.2, 0.25) is 10.0 Å². The van der Waals surface area contributed by atoms with Crippen LogP contribution in [0.4, 0.5) is 0 Å². The molecule has 0 bridgehead atoms. The molecule has 0 radical (unpaired) electrons. The summed E-state index contributed by atoms with van der Waals surface area (Å²) in [7, 11) is -4.89. The van der Waals surface area contributed by atoms with Crippen LogP contribution in [0.1, 0.15) is 19.4 Å². The maximum Gasteiger partial charge on any atom is 0.214 e. The molecule has 1 aliphatic rings. The molecule has 2 N–H and O–H groups in total. The summed E-state index contributed by atoms with van der Waals surface area (Å²) in [6.07, 6.45) is 0. The predicted octanol–water partition coefficient (Wildman–Crippen LogP) is 1.15. The molecule has 1 aliphatic heterocycles. The highest BCUT2D eigenvalue weighted by molar-refractivity contribution is 7.90. The first-order valence-corrected chi connectivity index (χ1v) is 12.9. The molecule has 5 nitrogen and oxygen atoms in total. The smallest absolute Gasteiger partial charge is 0.214 e. The number of ether oxygens (including phenoxy) is 1. The highest BCUT2D eigenvalue weighted by Crippen LogP contribution is 2.31. The van der Waals surface area contributed by atoms with Crippen LogP contribution >= 0.6 is 0 Å². The Morgan fingerprint density at radius 1 is 1.26 bits per heavy atom. The first kappa shape index (κ1) is 18.6. The zero-order valence-electron chi connectivity index (χ0n) is 14.5. The average molecular weight is 358 g/mol. The predicted molar refractivity (Wildman–Crippen MR) is 95.1 cm³/mol. The van der Waals surface area contributed by atoms with E-state index in [1.165, 1.54) is 5.19 Å². The molecule has 0 aliphatic carbocycles. The van der Waals surface area contributed by atoms with Gasteiger partial charge >= 0.3 is 0 Å². The first-order chi connectivity index (χ1) is 10.5. The maximum absolute atomic E-state index is 12.1. The average Bonchev–Trinajstić information content (AvgIpc) is 2.80. The van der Waals surface area contributed by atoms with Gasteiger partial charge in [0.1, 0.15) is 5.60 Å². The summed E-state index contributed by atoms with van der Waals surface area (Å²) < 4.78 is 32.2. The van der Waals surface area contributed by atoms with Crippen molar-refractivity contribution in [1.29, 1.82) is 0 Å². The normalized spacial score (nSPS) is 26.0. The van der Waals surface area contributed by atoms with Gasteiger partial charge in [-0.05, 0) is 19.4 Å². The number of nitrogens with one attached hydrogen (secondary N) is 1. The monoisotopic (exact) mass is 357 g/mol. The van der Waals surface area contributed by atoms with Crippen molar-refractivity contribution in [3.8, 4) is 0 Å². The van der Waals surface area contributed by atoms with Gasteiger partial charge in [0.05, 0.1) is 32.6 Å². The molecule has 0 spiro atoms. The van der Waals surface area contributed by atoms with Crippen LogP contribution in [0.25, 0.3) is 0 Å². The molecular weight excluding hydrogens is 330 g/mol. The van der Waals surface area contributed by atoms with Gasteiger partial charge in [-0.2, -0.15) is 0 Å². The topological polar surface area (TPSA) is 75.6 Å². The van der Waals surface area contributed by atoms with Crippen molar-refractivity contribution in [3.63, 3.8) is 0 Å². The molecule has 1 fully saturated rings. The standard InChI is InChI=1S/C16H27NO4SSi/c1-12(2)22(19,20)17-15-10-21-11-16(15,18)13-6-8-14(9-7-13)23(3,4)5/h6-9,12,15,17-18H,10-11H2,1-5H3/t15-,16+/m0/s1. The summed E-state index contributed by atoms with van der Waals surface area (Å²) in [4.78, 5) is 0. The molecule has 0 unspecified atom stereocenters. The van der Waals surface area contributed by atoms with Gasteiger partial charge in [0.25, 0.3) is 0 Å². The quantitative estimate of drug-likeness (QED) is 0.775. The van der Waals surface area contributed by atoms with Crippen LogP contribution in [0, 0.1) is 0 Å². The number of hydrogen-bond donors (Lipinski definition) is 2. The van der Waals surface area contributed by atoms with Crippen molar-refractivity contribution < 1.29 is 18.3 Å². The van der Waals surface area contributed by atoms with E-state index in [9.17, 15) is 13.5 Å². The number of rotatable bonds is 5. The Morgan fingerprint density at radius 2 is 1.83 bits per heavy atom. The van der Waals surface area contributed by atoms with Crippen LogP contribution in [0.2, 0.25) is 19.6 Å². The van der Waals surface area contributed by atoms with E-state index in [2.05, 4.69) is 24.4 Å². The molecule has 2 rings (SSSR count). The number of hydrogen-bond acceptors (Lipinski definition) is 4. The Balaban J connectivity index is 2.29. The van der Waals surface area contributed by atoms with E-state index < -0.39 is 35.0 Å². The van der Waals surface area contributed by atoms with Gasteiger partial charge in [0.15, 0.2) is 0 Å². The van der Waals surface area contributed by atoms with Gasteiger partial charge in [-0.3, -0.25) is 0 Å². The van der Waals surface area contributed by atoms with Crippen molar-refractivity contribution >= 4 is 23.3 Å². The molecule has 23 heavy (non-hydrogen) atoms. The molecular formula is C16H27NO4SSi. The third-order valence-corrected chi connectivity index (χ3v) is 8.28. The Labute approximate surface area is 140 Å². The number of benzene rings is 1. The molecule has 1 aromatic carbocycles. The molecule has 7 heteroatoms. The van der Waals surface area contributed by atoms with Crippen LogP contribution in [0.3, 0.4) is 0 Å². The van der Waals surface area contributed by atoms with Crippen molar-refractivity contribution in [1.82, 2.24) is 4.72 Å². The lowest BCUT2D eigenvalue weighted by molar-refractivity contribution is 0.0121. The van der Waals surface area contributed by atoms with Crippen molar-refractivity contribution in [3.05, 3.63) is 29.8 Å². The Hall–Kier alpha value is -0.733. The van der Waals surface area contributed by atoms with E-state index in [1.807, 2.05) is 24.3 Å². The van der Waals surface area contributed by atoms with E-state index >= 15 is 0 Å². The Kier molecular flexibility index (Phi) is 5.09.